The van der Waals surface area contributed by atoms with E-state index in [1.807, 2.05) is 24.3 Å². The predicted octanol–water partition coefficient (Wildman–Crippen LogP) is 4.25. The lowest BCUT2D eigenvalue weighted by Crippen LogP contribution is -2.28. The van der Waals surface area contributed by atoms with Crippen LogP contribution in [0.15, 0.2) is 52.7 Å². The van der Waals surface area contributed by atoms with Gasteiger partial charge in [0.25, 0.3) is 5.91 Å². The zero-order valence-electron chi connectivity index (χ0n) is 18.4. The van der Waals surface area contributed by atoms with Gasteiger partial charge in [-0.1, -0.05) is 0 Å². The van der Waals surface area contributed by atoms with Crippen molar-refractivity contribution in [2.75, 3.05) is 32.1 Å². The van der Waals surface area contributed by atoms with Gasteiger partial charge in [0.15, 0.2) is 0 Å². The van der Waals surface area contributed by atoms with Crippen LogP contribution >= 0.6 is 11.3 Å². The number of carbonyl (C=O) groups excluding carboxylic acids is 1. The lowest BCUT2D eigenvalue weighted by atomic mass is 10.2. The minimum absolute atomic E-state index is 0.0567. The van der Waals surface area contributed by atoms with E-state index in [1.54, 1.807) is 31.5 Å². The van der Waals surface area contributed by atoms with Crippen LogP contribution in [0.4, 0.5) is 5.69 Å². The van der Waals surface area contributed by atoms with Gasteiger partial charge in [-0.15, -0.1) is 11.3 Å². The topological polar surface area (TPSA) is 97.8 Å². The normalized spacial score (nSPS) is 14.2. The van der Waals surface area contributed by atoms with Crippen molar-refractivity contribution in [3.8, 4) is 22.1 Å². The van der Waals surface area contributed by atoms with Crippen LogP contribution in [0.25, 0.3) is 10.6 Å². The first-order valence-corrected chi connectivity index (χ1v) is 12.9. The maximum absolute atomic E-state index is 13.2. The molecule has 0 aliphatic carbocycles. The molecule has 1 N–H and O–H groups in total. The van der Waals surface area contributed by atoms with Crippen LogP contribution in [0, 0.1) is 0 Å². The number of anilines is 1. The standard InChI is InChI=1S/C23H25N3O5S2/c1-3-31-20-11-8-17(14-21(20)33(28,29)26-12-4-5-13-26)24-22(27)19-15-32-23(25-19)16-6-9-18(30-2)10-7-16/h6-11,14-15H,3-5,12-13H2,1-2H3,(H,24,27). The molecule has 1 aliphatic rings. The lowest BCUT2D eigenvalue weighted by Gasteiger charge is -2.19. The van der Waals surface area contributed by atoms with Crippen molar-refractivity contribution in [1.82, 2.24) is 9.29 Å². The molecule has 0 spiro atoms. The highest BCUT2D eigenvalue weighted by atomic mass is 32.2. The number of sulfonamides is 1. The van der Waals surface area contributed by atoms with Crippen LogP contribution in [-0.2, 0) is 10.0 Å². The first-order chi connectivity index (χ1) is 15.9. The van der Waals surface area contributed by atoms with Gasteiger partial charge in [0, 0.05) is 29.7 Å². The van der Waals surface area contributed by atoms with Crippen LogP contribution < -0.4 is 14.8 Å². The number of nitrogens with zero attached hydrogens (tertiary/aromatic N) is 2. The number of carbonyl (C=O) groups is 1. The average molecular weight is 488 g/mol. The number of rotatable bonds is 8. The maximum atomic E-state index is 13.2. The molecule has 1 fully saturated rings. The van der Waals surface area contributed by atoms with Gasteiger partial charge in [-0.05, 0) is 62.2 Å². The molecule has 3 aromatic rings. The summed E-state index contributed by atoms with van der Waals surface area (Å²) in [6, 6.07) is 12.1. The molecule has 4 rings (SSSR count). The summed E-state index contributed by atoms with van der Waals surface area (Å²) in [4.78, 5) is 17.3. The second-order valence-corrected chi connectivity index (χ2v) is 10.2. The number of thiazole rings is 1. The van der Waals surface area contributed by atoms with E-state index in [0.717, 1.165) is 24.2 Å². The van der Waals surface area contributed by atoms with Crippen LogP contribution in [0.3, 0.4) is 0 Å². The van der Waals surface area contributed by atoms with Crippen molar-refractivity contribution in [3.63, 3.8) is 0 Å². The van der Waals surface area contributed by atoms with Crippen molar-refractivity contribution in [1.29, 1.82) is 0 Å². The van der Waals surface area contributed by atoms with Gasteiger partial charge in [0.2, 0.25) is 10.0 Å². The molecule has 0 radical (unpaired) electrons. The van der Waals surface area contributed by atoms with E-state index >= 15 is 0 Å². The molecule has 1 amide bonds. The van der Waals surface area contributed by atoms with Gasteiger partial charge in [0.05, 0.1) is 13.7 Å². The second kappa shape index (κ2) is 9.90. The smallest absolute Gasteiger partial charge is 0.275 e. The van der Waals surface area contributed by atoms with Gasteiger partial charge in [-0.25, -0.2) is 13.4 Å². The second-order valence-electron chi connectivity index (χ2n) is 7.43. The Morgan fingerprint density at radius 2 is 1.88 bits per heavy atom. The van der Waals surface area contributed by atoms with Crippen molar-refractivity contribution < 1.29 is 22.7 Å². The highest BCUT2D eigenvalue weighted by Gasteiger charge is 2.30. The number of amides is 1. The molecule has 2 heterocycles. The minimum atomic E-state index is -3.72. The molecule has 0 saturated carbocycles. The summed E-state index contributed by atoms with van der Waals surface area (Å²) < 4.78 is 38.5. The number of ether oxygens (including phenoxy) is 2. The zero-order valence-corrected chi connectivity index (χ0v) is 20.0. The molecule has 8 nitrogen and oxygen atoms in total. The summed E-state index contributed by atoms with van der Waals surface area (Å²) >= 11 is 1.35. The monoisotopic (exact) mass is 487 g/mol. The summed E-state index contributed by atoms with van der Waals surface area (Å²) in [7, 11) is -2.12. The Bertz CT molecular complexity index is 1230. The van der Waals surface area contributed by atoms with Gasteiger partial charge < -0.3 is 14.8 Å². The van der Waals surface area contributed by atoms with E-state index in [9.17, 15) is 13.2 Å². The Morgan fingerprint density at radius 3 is 2.55 bits per heavy atom. The summed E-state index contributed by atoms with van der Waals surface area (Å²) in [5, 5.41) is 5.13. The number of hydrogen-bond donors (Lipinski definition) is 1. The van der Waals surface area contributed by atoms with Crippen LogP contribution in [-0.4, -0.2) is 50.4 Å². The molecule has 1 aliphatic heterocycles. The molecule has 0 atom stereocenters. The fourth-order valence-corrected chi connectivity index (χ4v) is 6.05. The Kier molecular flexibility index (Phi) is 6.96. The maximum Gasteiger partial charge on any atom is 0.275 e. The SMILES string of the molecule is CCOc1ccc(NC(=O)c2csc(-c3ccc(OC)cc3)n2)cc1S(=O)(=O)N1CCCC1. The fraction of sp³-hybridized carbons (Fsp3) is 0.304. The third-order valence-corrected chi connectivity index (χ3v) is 8.07. The molecule has 174 valence electrons. The highest BCUT2D eigenvalue weighted by molar-refractivity contribution is 7.89. The number of benzene rings is 2. The predicted molar refractivity (Wildman–Crippen MR) is 128 cm³/mol. The molecule has 33 heavy (non-hydrogen) atoms. The first-order valence-electron chi connectivity index (χ1n) is 10.6. The number of aromatic nitrogens is 1. The van der Waals surface area contributed by atoms with Crippen molar-refractivity contribution in [2.24, 2.45) is 0 Å². The third kappa shape index (κ3) is 5.02. The van der Waals surface area contributed by atoms with Crippen LogP contribution in [0.5, 0.6) is 11.5 Å². The fourth-order valence-electron chi connectivity index (χ4n) is 3.57. The minimum Gasteiger partial charge on any atom is -0.497 e. The van der Waals surface area contributed by atoms with Gasteiger partial charge in [0.1, 0.15) is 27.1 Å². The molecule has 10 heteroatoms. The molecular formula is C23H25N3O5S2. The van der Waals surface area contributed by atoms with E-state index < -0.39 is 15.9 Å². The number of hydrogen-bond acceptors (Lipinski definition) is 7. The summed E-state index contributed by atoms with van der Waals surface area (Å²) in [5.41, 5.74) is 1.49. The van der Waals surface area contributed by atoms with Crippen molar-refractivity contribution >= 4 is 33.0 Å². The molecular weight excluding hydrogens is 462 g/mol. The molecule has 0 bridgehead atoms. The highest BCUT2D eigenvalue weighted by Crippen LogP contribution is 2.32. The number of methoxy groups -OCH3 is 1. The average Bonchev–Trinajstić information content (AvgIpc) is 3.53. The largest absolute Gasteiger partial charge is 0.497 e. The van der Waals surface area contributed by atoms with E-state index in [1.165, 1.54) is 21.7 Å². The molecule has 1 aromatic heterocycles. The van der Waals surface area contributed by atoms with E-state index in [0.29, 0.717) is 30.4 Å². The summed E-state index contributed by atoms with van der Waals surface area (Å²) in [5.74, 6) is 0.598. The van der Waals surface area contributed by atoms with E-state index in [4.69, 9.17) is 9.47 Å². The van der Waals surface area contributed by atoms with Crippen molar-refractivity contribution in [2.45, 2.75) is 24.7 Å². The first kappa shape index (κ1) is 23.2. The van der Waals surface area contributed by atoms with Gasteiger partial charge in [-0.3, -0.25) is 4.79 Å². The van der Waals surface area contributed by atoms with Gasteiger partial charge >= 0.3 is 0 Å². The quantitative estimate of drug-likeness (QED) is 0.510. The molecule has 2 aromatic carbocycles. The van der Waals surface area contributed by atoms with Gasteiger partial charge in [-0.2, -0.15) is 4.31 Å². The molecule has 1 saturated heterocycles. The zero-order chi connectivity index (χ0) is 23.4. The summed E-state index contributed by atoms with van der Waals surface area (Å²) in [6.07, 6.45) is 1.67. The Balaban J connectivity index is 1.56. The lowest BCUT2D eigenvalue weighted by molar-refractivity contribution is 0.102. The van der Waals surface area contributed by atoms with Crippen molar-refractivity contribution in [3.05, 3.63) is 53.5 Å². The van der Waals surface area contributed by atoms with E-state index in [2.05, 4.69) is 10.3 Å². The Labute approximate surface area is 197 Å². The number of nitrogens with one attached hydrogen (secondary N) is 1. The third-order valence-electron chi connectivity index (χ3n) is 5.26. The van der Waals surface area contributed by atoms with Crippen LogP contribution in [0.1, 0.15) is 30.3 Å². The van der Waals surface area contributed by atoms with E-state index in [-0.39, 0.29) is 16.3 Å². The summed E-state index contributed by atoms with van der Waals surface area (Å²) in [6.45, 7) is 3.10. The van der Waals surface area contributed by atoms with Crippen LogP contribution in [0.2, 0.25) is 0 Å². The molecule has 0 unspecified atom stereocenters. The Morgan fingerprint density at radius 1 is 1.15 bits per heavy atom. The Hall–Kier alpha value is -2.95.